The molecule has 0 aliphatic carbocycles. The van der Waals surface area contributed by atoms with Crippen LogP contribution in [0.15, 0.2) is 23.2 Å². The number of rotatable bonds is 8. The van der Waals surface area contributed by atoms with Crippen molar-refractivity contribution in [3.63, 3.8) is 0 Å². The molecule has 25 heavy (non-hydrogen) atoms. The molecule has 1 heterocycles. The van der Waals surface area contributed by atoms with Gasteiger partial charge in [0.1, 0.15) is 0 Å². The summed E-state index contributed by atoms with van der Waals surface area (Å²) in [4.78, 5) is 16.6. The molecule has 138 valence electrons. The maximum atomic E-state index is 12.4. The highest BCUT2D eigenvalue weighted by Gasteiger charge is 2.18. The number of nitrogens with one attached hydrogen (secondary N) is 1. The summed E-state index contributed by atoms with van der Waals surface area (Å²) in [5.41, 5.74) is 1.20. The van der Waals surface area contributed by atoms with E-state index < -0.39 is 0 Å². The topological polar surface area (TPSA) is 89.4 Å². The highest BCUT2D eigenvalue weighted by molar-refractivity contribution is 6.05. The number of aliphatic hydroxyl groups is 1. The molecule has 7 heteroatoms. The molecule has 1 aliphatic heterocycles. The molecule has 0 aromatic heterocycles. The Morgan fingerprint density at radius 2 is 2.16 bits per heavy atom. The van der Waals surface area contributed by atoms with Gasteiger partial charge in [-0.05, 0) is 30.5 Å². The Balaban J connectivity index is 2.08. The second-order valence-electron chi connectivity index (χ2n) is 5.93. The summed E-state index contributed by atoms with van der Waals surface area (Å²) in [5, 5.41) is 12.4. The van der Waals surface area contributed by atoms with Crippen molar-refractivity contribution in [2.75, 3.05) is 47.1 Å². The number of piperidine rings is 1. The number of nitrogens with zero attached hydrogens (tertiary/aromatic N) is 1. The summed E-state index contributed by atoms with van der Waals surface area (Å²) in [6, 6.07) is 5.03. The molecule has 0 bridgehead atoms. The zero-order chi connectivity index (χ0) is 18.1. The lowest BCUT2D eigenvalue weighted by molar-refractivity contribution is 0.100. The van der Waals surface area contributed by atoms with Gasteiger partial charge in [-0.25, -0.2) is 4.99 Å². The molecule has 1 aliphatic rings. The van der Waals surface area contributed by atoms with Gasteiger partial charge in [0.15, 0.2) is 11.5 Å². The third-order valence-corrected chi connectivity index (χ3v) is 3.97. The van der Waals surface area contributed by atoms with E-state index in [1.54, 1.807) is 32.4 Å². The summed E-state index contributed by atoms with van der Waals surface area (Å²) in [6.45, 7) is 2.47. The standard InChI is InChI=1S/C18H26N2O5/c1-23-6-3-7-25-17-9-14(4-5-16(17)24-2)18(22)20-15-8-13(12-21)10-19-11-15/h4-5,9,13,19,21H,3,6-8,10-12H2,1-2H3. The minimum absolute atomic E-state index is 0.0855. The van der Waals surface area contributed by atoms with E-state index in [0.29, 0.717) is 43.2 Å². The molecule has 0 radical (unpaired) electrons. The van der Waals surface area contributed by atoms with Crippen molar-refractivity contribution >= 4 is 11.6 Å². The Bertz CT molecular complexity index is 603. The van der Waals surface area contributed by atoms with Gasteiger partial charge in [0.2, 0.25) is 0 Å². The molecule has 1 aromatic carbocycles. The molecule has 1 saturated heterocycles. The zero-order valence-corrected chi connectivity index (χ0v) is 14.8. The van der Waals surface area contributed by atoms with Crippen molar-refractivity contribution < 1.29 is 24.1 Å². The summed E-state index contributed by atoms with van der Waals surface area (Å²) in [7, 11) is 3.20. The van der Waals surface area contributed by atoms with Crippen molar-refractivity contribution in [3.05, 3.63) is 23.8 Å². The number of amides is 1. The van der Waals surface area contributed by atoms with Crippen molar-refractivity contribution in [1.29, 1.82) is 0 Å². The lowest BCUT2D eigenvalue weighted by Crippen LogP contribution is -2.38. The normalized spacial score (nSPS) is 19.0. The molecular formula is C18H26N2O5. The maximum Gasteiger partial charge on any atom is 0.277 e. The van der Waals surface area contributed by atoms with E-state index in [0.717, 1.165) is 18.7 Å². The Morgan fingerprint density at radius 3 is 2.88 bits per heavy atom. The molecule has 0 spiro atoms. The second kappa shape index (κ2) is 10.1. The van der Waals surface area contributed by atoms with Crippen LogP contribution in [-0.4, -0.2) is 63.9 Å². The lowest BCUT2D eigenvalue weighted by Gasteiger charge is -2.22. The van der Waals surface area contributed by atoms with E-state index >= 15 is 0 Å². The van der Waals surface area contributed by atoms with Gasteiger partial charge in [0.25, 0.3) is 5.91 Å². The van der Waals surface area contributed by atoms with Crippen molar-refractivity contribution in [3.8, 4) is 11.5 Å². The lowest BCUT2D eigenvalue weighted by atomic mass is 9.99. The molecule has 2 rings (SSSR count). The Hall–Kier alpha value is -1.96. The fourth-order valence-corrected chi connectivity index (χ4v) is 2.63. The van der Waals surface area contributed by atoms with Gasteiger partial charge in [-0.15, -0.1) is 0 Å². The molecule has 7 nitrogen and oxygen atoms in total. The number of carbonyl (C=O) groups is 1. The van der Waals surface area contributed by atoms with Crippen LogP contribution >= 0.6 is 0 Å². The van der Waals surface area contributed by atoms with Crippen molar-refractivity contribution in [2.45, 2.75) is 12.8 Å². The van der Waals surface area contributed by atoms with E-state index in [9.17, 15) is 9.90 Å². The first-order valence-electron chi connectivity index (χ1n) is 8.40. The van der Waals surface area contributed by atoms with Gasteiger partial charge in [-0.1, -0.05) is 0 Å². The van der Waals surface area contributed by atoms with Crippen LogP contribution < -0.4 is 14.8 Å². The third kappa shape index (κ3) is 5.81. The number of hydrogen-bond acceptors (Lipinski definition) is 6. The molecule has 1 unspecified atom stereocenters. The summed E-state index contributed by atoms with van der Waals surface area (Å²) in [6.07, 6.45) is 1.38. The first kappa shape index (κ1) is 19.4. The van der Waals surface area contributed by atoms with E-state index in [-0.39, 0.29) is 18.4 Å². The van der Waals surface area contributed by atoms with E-state index in [2.05, 4.69) is 10.3 Å². The number of hydrogen-bond donors (Lipinski definition) is 2. The maximum absolute atomic E-state index is 12.4. The van der Waals surface area contributed by atoms with Crippen molar-refractivity contribution in [1.82, 2.24) is 5.32 Å². The van der Waals surface area contributed by atoms with Gasteiger partial charge in [0.05, 0.1) is 13.7 Å². The second-order valence-corrected chi connectivity index (χ2v) is 5.93. The quantitative estimate of drug-likeness (QED) is 0.687. The minimum Gasteiger partial charge on any atom is -0.493 e. The number of ether oxygens (including phenoxy) is 3. The molecule has 1 aromatic rings. The fraction of sp³-hybridized carbons (Fsp3) is 0.556. The van der Waals surface area contributed by atoms with Gasteiger partial charge >= 0.3 is 0 Å². The molecule has 2 N–H and O–H groups in total. The summed E-state index contributed by atoms with van der Waals surface area (Å²) >= 11 is 0. The van der Waals surface area contributed by atoms with Crippen LogP contribution in [0, 0.1) is 5.92 Å². The smallest absolute Gasteiger partial charge is 0.277 e. The van der Waals surface area contributed by atoms with E-state index in [4.69, 9.17) is 14.2 Å². The average Bonchev–Trinajstić information content (AvgIpc) is 2.65. The minimum atomic E-state index is -0.320. The zero-order valence-electron chi connectivity index (χ0n) is 14.8. The summed E-state index contributed by atoms with van der Waals surface area (Å²) in [5.74, 6) is 0.872. The number of aliphatic hydroxyl groups excluding tert-OH is 1. The van der Waals surface area contributed by atoms with E-state index in [1.165, 1.54) is 0 Å². The molecule has 1 amide bonds. The largest absolute Gasteiger partial charge is 0.493 e. The van der Waals surface area contributed by atoms with Crippen LogP contribution in [0.25, 0.3) is 0 Å². The van der Waals surface area contributed by atoms with Gasteiger partial charge in [-0.2, -0.15) is 0 Å². The predicted octanol–water partition coefficient (Wildman–Crippen LogP) is 1.29. The monoisotopic (exact) mass is 350 g/mol. The summed E-state index contributed by atoms with van der Waals surface area (Å²) < 4.78 is 16.0. The Morgan fingerprint density at radius 1 is 1.32 bits per heavy atom. The molecule has 1 atom stereocenters. The third-order valence-electron chi connectivity index (χ3n) is 3.97. The van der Waals surface area contributed by atoms with Gasteiger partial charge in [-0.3, -0.25) is 4.79 Å². The first-order chi connectivity index (χ1) is 12.2. The molecule has 0 saturated carbocycles. The van der Waals surface area contributed by atoms with Crippen LogP contribution in [-0.2, 0) is 4.74 Å². The molecular weight excluding hydrogens is 324 g/mol. The SMILES string of the molecule is COCCCOc1cc(C(=O)N=C2CNCC(CO)C2)ccc1OC. The highest BCUT2D eigenvalue weighted by atomic mass is 16.5. The first-order valence-corrected chi connectivity index (χ1v) is 8.40. The van der Waals surface area contributed by atoms with Crippen LogP contribution in [0.3, 0.4) is 0 Å². The van der Waals surface area contributed by atoms with E-state index in [1.807, 2.05) is 0 Å². The van der Waals surface area contributed by atoms with Crippen LogP contribution in [0.2, 0.25) is 0 Å². The van der Waals surface area contributed by atoms with Crippen molar-refractivity contribution in [2.24, 2.45) is 10.9 Å². The molecule has 1 fully saturated rings. The van der Waals surface area contributed by atoms with Gasteiger partial charge in [0, 0.05) is 51.1 Å². The Labute approximate surface area is 148 Å². The van der Waals surface area contributed by atoms with Crippen LogP contribution in [0.4, 0.5) is 0 Å². The number of benzene rings is 1. The number of aliphatic imine (C=N–C) groups is 1. The average molecular weight is 350 g/mol. The Kier molecular flexibility index (Phi) is 7.84. The predicted molar refractivity (Wildman–Crippen MR) is 94.8 cm³/mol. The van der Waals surface area contributed by atoms with Gasteiger partial charge < -0.3 is 24.6 Å². The number of methoxy groups -OCH3 is 2. The van der Waals surface area contributed by atoms with Crippen LogP contribution in [0.5, 0.6) is 11.5 Å². The fourth-order valence-electron chi connectivity index (χ4n) is 2.63. The van der Waals surface area contributed by atoms with Crippen LogP contribution in [0.1, 0.15) is 23.2 Å². The highest BCUT2D eigenvalue weighted by Crippen LogP contribution is 2.28. The number of carbonyl (C=O) groups excluding carboxylic acids is 1.